The minimum Gasteiger partial charge on any atom is -0.496 e. The lowest BCUT2D eigenvalue weighted by atomic mass is 10.0. The van der Waals surface area contributed by atoms with Crippen LogP contribution in [-0.4, -0.2) is 30.9 Å². The summed E-state index contributed by atoms with van der Waals surface area (Å²) in [4.78, 5) is 0.128. The molecule has 1 atom stereocenters. The third-order valence-corrected chi connectivity index (χ3v) is 7.09. The molecule has 0 N–H and O–H groups in total. The van der Waals surface area contributed by atoms with Crippen LogP contribution in [0, 0.1) is 18.6 Å². The minimum absolute atomic E-state index is 0.128. The maximum atomic E-state index is 14.0. The van der Waals surface area contributed by atoms with Crippen molar-refractivity contribution in [3.63, 3.8) is 0 Å². The molecule has 0 radical (unpaired) electrons. The number of benzene rings is 2. The molecule has 0 spiro atoms. The summed E-state index contributed by atoms with van der Waals surface area (Å²) in [6, 6.07) is 11.0. The Balaban J connectivity index is 1.84. The zero-order chi connectivity index (χ0) is 20.8. The van der Waals surface area contributed by atoms with Gasteiger partial charge in [0, 0.05) is 25.0 Å². The van der Waals surface area contributed by atoms with Gasteiger partial charge in [0.2, 0.25) is 10.0 Å². The number of fused-ring (bicyclic) bond motifs is 1. The van der Waals surface area contributed by atoms with E-state index >= 15 is 0 Å². The van der Waals surface area contributed by atoms with Crippen molar-refractivity contribution in [3.05, 3.63) is 83.2 Å². The summed E-state index contributed by atoms with van der Waals surface area (Å²) in [7, 11) is -2.38. The molecule has 0 bridgehead atoms. The summed E-state index contributed by atoms with van der Waals surface area (Å²) in [6.45, 7) is 2.45. The molecule has 1 aliphatic rings. The predicted molar refractivity (Wildman–Crippen MR) is 104 cm³/mol. The van der Waals surface area contributed by atoms with Crippen LogP contribution in [0.2, 0.25) is 0 Å². The molecule has 152 valence electrons. The molecular formula is C21H20F2N2O3S. The number of aromatic nitrogens is 1. The molecule has 1 aliphatic heterocycles. The SMILES string of the molecule is COc1ccc(S(=O)(=O)N2CCn3cccc3[C@H]2c2ccc(F)c(F)c2)cc1C. The van der Waals surface area contributed by atoms with Gasteiger partial charge in [-0.15, -0.1) is 0 Å². The van der Waals surface area contributed by atoms with Crippen LogP contribution in [0.5, 0.6) is 5.75 Å². The second kappa shape index (κ2) is 7.27. The molecule has 0 unspecified atom stereocenters. The average Bonchev–Trinajstić information content (AvgIpc) is 3.18. The van der Waals surface area contributed by atoms with Crippen LogP contribution in [0.1, 0.15) is 22.9 Å². The van der Waals surface area contributed by atoms with Gasteiger partial charge in [0.25, 0.3) is 0 Å². The second-order valence-corrected chi connectivity index (χ2v) is 8.84. The molecule has 0 fully saturated rings. The van der Waals surface area contributed by atoms with Crippen LogP contribution < -0.4 is 4.74 Å². The van der Waals surface area contributed by atoms with Crippen molar-refractivity contribution < 1.29 is 21.9 Å². The highest BCUT2D eigenvalue weighted by molar-refractivity contribution is 7.89. The van der Waals surface area contributed by atoms with Crippen LogP contribution in [0.4, 0.5) is 8.78 Å². The van der Waals surface area contributed by atoms with E-state index in [1.807, 2.05) is 16.8 Å². The summed E-state index contributed by atoms with van der Waals surface area (Å²) in [6.07, 6.45) is 1.85. The fourth-order valence-corrected chi connectivity index (χ4v) is 5.45. The maximum Gasteiger partial charge on any atom is 0.244 e. The van der Waals surface area contributed by atoms with E-state index in [0.717, 1.165) is 12.1 Å². The normalized spacial score (nSPS) is 17.2. The van der Waals surface area contributed by atoms with Crippen molar-refractivity contribution in [1.82, 2.24) is 8.87 Å². The zero-order valence-corrected chi connectivity index (χ0v) is 16.8. The number of hydrogen-bond donors (Lipinski definition) is 0. The third kappa shape index (κ3) is 3.32. The molecule has 5 nitrogen and oxygen atoms in total. The van der Waals surface area contributed by atoms with Gasteiger partial charge in [-0.3, -0.25) is 0 Å². The maximum absolute atomic E-state index is 14.0. The molecular weight excluding hydrogens is 398 g/mol. The first-order valence-electron chi connectivity index (χ1n) is 9.09. The monoisotopic (exact) mass is 418 g/mol. The first kappa shape index (κ1) is 19.6. The van der Waals surface area contributed by atoms with E-state index in [2.05, 4.69) is 0 Å². The highest BCUT2D eigenvalue weighted by Crippen LogP contribution is 2.37. The van der Waals surface area contributed by atoms with Gasteiger partial charge in [0.15, 0.2) is 11.6 Å². The Morgan fingerprint density at radius 1 is 1.03 bits per heavy atom. The molecule has 3 aromatic rings. The lowest BCUT2D eigenvalue weighted by Crippen LogP contribution is -2.42. The largest absolute Gasteiger partial charge is 0.496 e. The predicted octanol–water partition coefficient (Wildman–Crippen LogP) is 3.88. The van der Waals surface area contributed by atoms with Gasteiger partial charge in [0.1, 0.15) is 5.75 Å². The number of methoxy groups -OCH3 is 1. The van der Waals surface area contributed by atoms with E-state index in [4.69, 9.17) is 4.74 Å². The molecule has 2 aromatic carbocycles. The van der Waals surface area contributed by atoms with Crippen molar-refractivity contribution in [2.75, 3.05) is 13.7 Å². The molecule has 0 amide bonds. The Morgan fingerprint density at radius 2 is 1.83 bits per heavy atom. The van der Waals surface area contributed by atoms with Crippen molar-refractivity contribution in [1.29, 1.82) is 0 Å². The molecule has 0 saturated heterocycles. The van der Waals surface area contributed by atoms with E-state index in [1.165, 1.54) is 23.5 Å². The quantitative estimate of drug-likeness (QED) is 0.646. The minimum atomic E-state index is -3.90. The molecule has 8 heteroatoms. The van der Waals surface area contributed by atoms with E-state index < -0.39 is 27.7 Å². The number of halogens is 2. The van der Waals surface area contributed by atoms with E-state index in [0.29, 0.717) is 29.1 Å². The van der Waals surface area contributed by atoms with Crippen molar-refractivity contribution in [3.8, 4) is 5.75 Å². The molecule has 29 heavy (non-hydrogen) atoms. The number of nitrogens with zero attached hydrogens (tertiary/aromatic N) is 2. The van der Waals surface area contributed by atoms with Gasteiger partial charge < -0.3 is 9.30 Å². The molecule has 0 saturated carbocycles. The standard InChI is InChI=1S/C21H20F2N2O3S/c1-14-12-16(6-8-20(14)28-2)29(26,27)25-11-10-24-9-3-4-19(24)21(25)15-5-7-17(22)18(23)13-15/h3-9,12-13,21H,10-11H2,1-2H3/t21-/m1/s1. The van der Waals surface area contributed by atoms with Gasteiger partial charge in [-0.05, 0) is 60.5 Å². The number of aryl methyl sites for hydroxylation is 1. The smallest absolute Gasteiger partial charge is 0.244 e. The summed E-state index contributed by atoms with van der Waals surface area (Å²) in [5.74, 6) is -1.39. The Bertz CT molecular complexity index is 1170. The first-order valence-corrected chi connectivity index (χ1v) is 10.5. The summed E-state index contributed by atoms with van der Waals surface area (Å²) in [5.41, 5.74) is 1.77. The fourth-order valence-electron chi connectivity index (χ4n) is 3.79. The number of sulfonamides is 1. The van der Waals surface area contributed by atoms with Crippen molar-refractivity contribution in [2.45, 2.75) is 24.4 Å². The Hall–Kier alpha value is -2.71. The van der Waals surface area contributed by atoms with E-state index in [9.17, 15) is 17.2 Å². The molecule has 2 heterocycles. The van der Waals surface area contributed by atoms with Gasteiger partial charge in [0.05, 0.1) is 18.0 Å². The zero-order valence-electron chi connectivity index (χ0n) is 16.0. The number of rotatable bonds is 4. The highest BCUT2D eigenvalue weighted by Gasteiger charge is 2.38. The van der Waals surface area contributed by atoms with E-state index in [-0.39, 0.29) is 11.4 Å². The Labute approximate surface area is 168 Å². The second-order valence-electron chi connectivity index (χ2n) is 6.95. The lowest BCUT2D eigenvalue weighted by Gasteiger charge is -2.36. The summed E-state index contributed by atoms with van der Waals surface area (Å²) in [5, 5.41) is 0. The van der Waals surface area contributed by atoms with Gasteiger partial charge in [-0.2, -0.15) is 4.31 Å². The van der Waals surface area contributed by atoms with Crippen LogP contribution in [-0.2, 0) is 16.6 Å². The van der Waals surface area contributed by atoms with Gasteiger partial charge in [-0.1, -0.05) is 6.07 Å². The average molecular weight is 418 g/mol. The van der Waals surface area contributed by atoms with Gasteiger partial charge >= 0.3 is 0 Å². The number of hydrogen-bond acceptors (Lipinski definition) is 3. The van der Waals surface area contributed by atoms with Crippen molar-refractivity contribution in [2.24, 2.45) is 0 Å². The third-order valence-electron chi connectivity index (χ3n) is 5.23. The van der Waals surface area contributed by atoms with Crippen LogP contribution in [0.25, 0.3) is 0 Å². The first-order chi connectivity index (χ1) is 13.8. The van der Waals surface area contributed by atoms with Crippen molar-refractivity contribution >= 4 is 10.0 Å². The summed E-state index contributed by atoms with van der Waals surface area (Å²) < 4.78 is 63.0. The van der Waals surface area contributed by atoms with Gasteiger partial charge in [-0.25, -0.2) is 17.2 Å². The summed E-state index contributed by atoms with van der Waals surface area (Å²) >= 11 is 0. The Kier molecular flexibility index (Phi) is 4.92. The highest BCUT2D eigenvalue weighted by atomic mass is 32.2. The number of ether oxygens (including phenoxy) is 1. The van der Waals surface area contributed by atoms with Crippen LogP contribution >= 0.6 is 0 Å². The molecule has 1 aromatic heterocycles. The molecule has 0 aliphatic carbocycles. The Morgan fingerprint density at radius 3 is 2.52 bits per heavy atom. The lowest BCUT2D eigenvalue weighted by molar-refractivity contribution is 0.297. The topological polar surface area (TPSA) is 51.5 Å². The fraction of sp³-hybridized carbons (Fsp3) is 0.238. The van der Waals surface area contributed by atoms with Crippen LogP contribution in [0.15, 0.2) is 59.6 Å². The molecule has 4 rings (SSSR count). The van der Waals surface area contributed by atoms with E-state index in [1.54, 1.807) is 25.1 Å². The van der Waals surface area contributed by atoms with Crippen LogP contribution in [0.3, 0.4) is 0 Å².